The molecule has 1 heteroatoms. The Morgan fingerprint density at radius 3 is 2.40 bits per heavy atom. The Labute approximate surface area is 94.0 Å². The van der Waals surface area contributed by atoms with Crippen molar-refractivity contribution in [1.29, 1.82) is 0 Å². The maximum absolute atomic E-state index is 3.79. The van der Waals surface area contributed by atoms with E-state index in [0.29, 0.717) is 11.0 Å². The molecule has 86 valence electrons. The predicted octanol–water partition coefficient (Wildman–Crippen LogP) is 3.34. The van der Waals surface area contributed by atoms with Crippen molar-refractivity contribution in [3.63, 3.8) is 0 Å². The van der Waals surface area contributed by atoms with E-state index in [1.54, 1.807) is 0 Å². The van der Waals surface area contributed by atoms with Crippen LogP contribution in [0.25, 0.3) is 0 Å². The molecule has 3 rings (SSSR count). The van der Waals surface area contributed by atoms with Gasteiger partial charge in [0.15, 0.2) is 0 Å². The Morgan fingerprint density at radius 2 is 1.80 bits per heavy atom. The van der Waals surface area contributed by atoms with Crippen LogP contribution in [0, 0.1) is 17.3 Å². The first kappa shape index (κ1) is 10.1. The third kappa shape index (κ3) is 0.988. The Kier molecular flexibility index (Phi) is 2.18. The Balaban J connectivity index is 2.03. The summed E-state index contributed by atoms with van der Waals surface area (Å²) in [5.74, 6) is 2.06. The van der Waals surface area contributed by atoms with E-state index in [0.717, 1.165) is 11.8 Å². The topological polar surface area (TPSA) is 12.0 Å². The molecule has 3 saturated carbocycles. The van der Waals surface area contributed by atoms with Gasteiger partial charge in [-0.05, 0) is 62.8 Å². The number of hydrogen-bond donors (Lipinski definition) is 1. The van der Waals surface area contributed by atoms with Crippen molar-refractivity contribution in [3.8, 4) is 0 Å². The van der Waals surface area contributed by atoms with Gasteiger partial charge >= 0.3 is 0 Å². The van der Waals surface area contributed by atoms with Crippen molar-refractivity contribution in [3.05, 3.63) is 0 Å². The van der Waals surface area contributed by atoms with Gasteiger partial charge < -0.3 is 5.32 Å². The molecule has 0 aromatic carbocycles. The maximum Gasteiger partial charge on any atom is 0.0263 e. The van der Waals surface area contributed by atoms with Crippen LogP contribution in [-0.2, 0) is 0 Å². The number of rotatable bonds is 2. The first-order valence-corrected chi connectivity index (χ1v) is 6.98. The molecule has 3 atom stereocenters. The van der Waals surface area contributed by atoms with Gasteiger partial charge in [-0.2, -0.15) is 0 Å². The molecule has 15 heavy (non-hydrogen) atoms. The molecule has 0 saturated heterocycles. The van der Waals surface area contributed by atoms with Crippen molar-refractivity contribution in [2.24, 2.45) is 17.3 Å². The summed E-state index contributed by atoms with van der Waals surface area (Å²) in [6.45, 7) is 2.41. The lowest BCUT2D eigenvalue weighted by atomic mass is 9.59. The van der Waals surface area contributed by atoms with Gasteiger partial charge in [-0.25, -0.2) is 0 Å². The van der Waals surface area contributed by atoms with Crippen LogP contribution < -0.4 is 5.32 Å². The zero-order chi connectivity index (χ0) is 10.5. The fraction of sp³-hybridized carbons (Fsp3) is 1.00. The second-order valence-electron chi connectivity index (χ2n) is 6.15. The van der Waals surface area contributed by atoms with Gasteiger partial charge in [-0.3, -0.25) is 0 Å². The highest BCUT2D eigenvalue weighted by Gasteiger charge is 2.65. The fourth-order valence-electron chi connectivity index (χ4n) is 5.83. The minimum absolute atomic E-state index is 0.520. The van der Waals surface area contributed by atoms with Gasteiger partial charge in [0, 0.05) is 5.54 Å². The molecule has 3 aliphatic carbocycles. The van der Waals surface area contributed by atoms with Crippen molar-refractivity contribution >= 4 is 0 Å². The third-order valence-electron chi connectivity index (χ3n) is 6.30. The molecule has 0 heterocycles. The minimum Gasteiger partial charge on any atom is -0.313 e. The summed E-state index contributed by atoms with van der Waals surface area (Å²) in [5.41, 5.74) is 1.23. The van der Waals surface area contributed by atoms with Crippen molar-refractivity contribution < 1.29 is 0 Å². The van der Waals surface area contributed by atoms with Gasteiger partial charge in [0.25, 0.3) is 0 Å². The number of nitrogens with one attached hydrogen (secondary N) is 1. The van der Waals surface area contributed by atoms with Crippen molar-refractivity contribution in [2.75, 3.05) is 7.05 Å². The van der Waals surface area contributed by atoms with Crippen LogP contribution in [0.1, 0.15) is 58.3 Å². The summed E-state index contributed by atoms with van der Waals surface area (Å²) in [6.07, 6.45) is 11.9. The van der Waals surface area contributed by atoms with Gasteiger partial charge in [0.1, 0.15) is 0 Å². The summed E-state index contributed by atoms with van der Waals surface area (Å²) in [4.78, 5) is 0. The first-order valence-electron chi connectivity index (χ1n) is 6.98. The molecule has 0 aromatic rings. The Bertz CT molecular complexity index is 238. The van der Waals surface area contributed by atoms with E-state index in [9.17, 15) is 0 Å². The Hall–Kier alpha value is -0.0400. The van der Waals surface area contributed by atoms with Crippen LogP contribution in [0.4, 0.5) is 0 Å². The molecular formula is C14H25N. The van der Waals surface area contributed by atoms with Gasteiger partial charge in [-0.15, -0.1) is 0 Å². The normalized spacial score (nSPS) is 46.8. The highest BCUT2D eigenvalue weighted by molar-refractivity contribution is 5.19. The second kappa shape index (κ2) is 3.23. The SMILES string of the molecule is CCC1(NC)C2CCC(C2)C12CCCC2. The van der Waals surface area contributed by atoms with E-state index in [4.69, 9.17) is 0 Å². The zero-order valence-electron chi connectivity index (χ0n) is 10.3. The second-order valence-corrected chi connectivity index (χ2v) is 6.15. The summed E-state index contributed by atoms with van der Waals surface area (Å²) in [5, 5.41) is 3.79. The van der Waals surface area contributed by atoms with Crippen molar-refractivity contribution in [2.45, 2.75) is 63.8 Å². The van der Waals surface area contributed by atoms with E-state index in [-0.39, 0.29) is 0 Å². The van der Waals surface area contributed by atoms with Crippen LogP contribution in [0.15, 0.2) is 0 Å². The molecule has 1 spiro atoms. The van der Waals surface area contributed by atoms with Crippen molar-refractivity contribution in [1.82, 2.24) is 5.32 Å². The molecule has 3 unspecified atom stereocenters. The monoisotopic (exact) mass is 207 g/mol. The quantitative estimate of drug-likeness (QED) is 0.732. The van der Waals surface area contributed by atoms with E-state index >= 15 is 0 Å². The molecule has 0 amide bonds. The highest BCUT2D eigenvalue weighted by Crippen LogP contribution is 2.68. The lowest BCUT2D eigenvalue weighted by Crippen LogP contribution is -2.59. The molecule has 0 aliphatic heterocycles. The molecular weight excluding hydrogens is 182 g/mol. The molecule has 2 bridgehead atoms. The lowest BCUT2D eigenvalue weighted by Gasteiger charge is -2.52. The number of hydrogen-bond acceptors (Lipinski definition) is 1. The van der Waals surface area contributed by atoms with Crippen LogP contribution in [-0.4, -0.2) is 12.6 Å². The number of fused-ring (bicyclic) bond motifs is 3. The lowest BCUT2D eigenvalue weighted by molar-refractivity contribution is 0.0252. The first-order chi connectivity index (χ1) is 7.29. The zero-order valence-corrected chi connectivity index (χ0v) is 10.3. The fourth-order valence-corrected chi connectivity index (χ4v) is 5.83. The molecule has 1 nitrogen and oxygen atoms in total. The van der Waals surface area contributed by atoms with Gasteiger partial charge in [0.2, 0.25) is 0 Å². The largest absolute Gasteiger partial charge is 0.313 e. The maximum atomic E-state index is 3.79. The van der Waals surface area contributed by atoms with E-state index in [1.165, 1.54) is 51.4 Å². The smallest absolute Gasteiger partial charge is 0.0263 e. The van der Waals surface area contributed by atoms with E-state index in [1.807, 2.05) is 0 Å². The average molecular weight is 207 g/mol. The summed E-state index contributed by atoms with van der Waals surface area (Å²) >= 11 is 0. The molecule has 3 aliphatic rings. The average Bonchev–Trinajstić information content (AvgIpc) is 2.93. The molecule has 0 aromatic heterocycles. The van der Waals surface area contributed by atoms with E-state index < -0.39 is 0 Å². The molecule has 3 fully saturated rings. The standard InChI is InChI=1S/C14H25N/c1-3-14(15-2)12-7-6-11(10-12)13(14)8-4-5-9-13/h11-12,15H,3-10H2,1-2H3. The van der Waals surface area contributed by atoms with E-state index in [2.05, 4.69) is 19.3 Å². The molecule has 1 N–H and O–H groups in total. The van der Waals surface area contributed by atoms with Gasteiger partial charge in [0.05, 0.1) is 0 Å². The van der Waals surface area contributed by atoms with Crippen LogP contribution in [0.5, 0.6) is 0 Å². The Morgan fingerprint density at radius 1 is 1.13 bits per heavy atom. The van der Waals surface area contributed by atoms with Crippen LogP contribution in [0.3, 0.4) is 0 Å². The highest BCUT2D eigenvalue weighted by atomic mass is 15.0. The van der Waals surface area contributed by atoms with Crippen LogP contribution >= 0.6 is 0 Å². The predicted molar refractivity (Wildman–Crippen MR) is 63.8 cm³/mol. The summed E-state index contributed by atoms with van der Waals surface area (Å²) in [7, 11) is 2.23. The summed E-state index contributed by atoms with van der Waals surface area (Å²) in [6, 6.07) is 0. The third-order valence-corrected chi connectivity index (χ3v) is 6.30. The molecule has 0 radical (unpaired) electrons. The minimum atomic E-state index is 0.520. The summed E-state index contributed by atoms with van der Waals surface area (Å²) < 4.78 is 0. The van der Waals surface area contributed by atoms with Gasteiger partial charge in [-0.1, -0.05) is 19.8 Å². The van der Waals surface area contributed by atoms with Crippen LogP contribution in [0.2, 0.25) is 0 Å².